The molecule has 1 aromatic carbocycles. The van der Waals surface area contributed by atoms with Gasteiger partial charge in [-0.25, -0.2) is 9.98 Å². The van der Waals surface area contributed by atoms with Crippen molar-refractivity contribution in [2.24, 2.45) is 9.98 Å². The number of amidine groups is 1. The third kappa shape index (κ3) is 0.988. The molecule has 0 fully saturated rings. The Morgan fingerprint density at radius 2 is 2.14 bits per heavy atom. The summed E-state index contributed by atoms with van der Waals surface area (Å²) in [7, 11) is 0. The van der Waals surface area contributed by atoms with Gasteiger partial charge >= 0.3 is 0 Å². The van der Waals surface area contributed by atoms with Crippen LogP contribution in [0.2, 0.25) is 0 Å². The number of hydrogen-bond donors (Lipinski definition) is 0. The average Bonchev–Trinajstić information content (AvgIpc) is 2.29. The van der Waals surface area contributed by atoms with Gasteiger partial charge < -0.3 is 4.90 Å². The standard InChI is InChI=1S/C11H9N3/c1-2-5-10-9(4-1)11-12-6-3-7-14(11)8-13-10/h1-6,8H,7H2. The normalized spacial score (nSPS) is 17.4. The zero-order chi connectivity index (χ0) is 9.38. The fraction of sp³-hybridized carbons (Fsp3) is 0.0909. The van der Waals surface area contributed by atoms with Gasteiger partial charge in [0.25, 0.3) is 0 Å². The topological polar surface area (TPSA) is 28.0 Å². The number of fused-ring (bicyclic) bond motifs is 3. The van der Waals surface area contributed by atoms with E-state index in [1.807, 2.05) is 41.7 Å². The summed E-state index contributed by atoms with van der Waals surface area (Å²) >= 11 is 0. The number of hydrogen-bond acceptors (Lipinski definition) is 3. The maximum atomic E-state index is 4.36. The van der Waals surface area contributed by atoms with Crippen LogP contribution in [0.4, 0.5) is 5.69 Å². The van der Waals surface area contributed by atoms with Crippen LogP contribution < -0.4 is 0 Å². The molecular formula is C11H9N3. The van der Waals surface area contributed by atoms with Crippen LogP contribution >= 0.6 is 0 Å². The molecule has 0 spiro atoms. The first-order valence-corrected chi connectivity index (χ1v) is 4.58. The Kier molecular flexibility index (Phi) is 1.50. The molecule has 3 heteroatoms. The molecule has 0 radical (unpaired) electrons. The van der Waals surface area contributed by atoms with E-state index in [9.17, 15) is 0 Å². The van der Waals surface area contributed by atoms with Gasteiger partial charge in [-0.2, -0.15) is 0 Å². The molecule has 2 aliphatic rings. The van der Waals surface area contributed by atoms with Gasteiger partial charge in [0.2, 0.25) is 0 Å². The van der Waals surface area contributed by atoms with Gasteiger partial charge in [-0.3, -0.25) is 0 Å². The molecule has 14 heavy (non-hydrogen) atoms. The Morgan fingerprint density at radius 3 is 3.14 bits per heavy atom. The Labute approximate surface area is 82.1 Å². The highest BCUT2D eigenvalue weighted by Gasteiger charge is 2.19. The van der Waals surface area contributed by atoms with Crippen LogP contribution in [0.1, 0.15) is 5.56 Å². The Balaban J connectivity index is 2.22. The van der Waals surface area contributed by atoms with E-state index in [-0.39, 0.29) is 0 Å². The molecule has 0 aromatic heterocycles. The molecular weight excluding hydrogens is 174 g/mol. The second kappa shape index (κ2) is 2.80. The molecule has 0 aliphatic carbocycles. The third-order valence-corrected chi connectivity index (χ3v) is 2.36. The fourth-order valence-electron chi connectivity index (χ4n) is 1.68. The zero-order valence-corrected chi connectivity index (χ0v) is 7.59. The molecule has 3 rings (SSSR count). The Morgan fingerprint density at radius 1 is 1.21 bits per heavy atom. The lowest BCUT2D eigenvalue weighted by molar-refractivity contribution is 0.685. The summed E-state index contributed by atoms with van der Waals surface area (Å²) in [5, 5.41) is 0. The molecule has 0 atom stereocenters. The second-order valence-electron chi connectivity index (χ2n) is 3.25. The second-order valence-corrected chi connectivity index (χ2v) is 3.25. The van der Waals surface area contributed by atoms with Crippen molar-refractivity contribution in [3.05, 3.63) is 42.1 Å². The van der Waals surface area contributed by atoms with Gasteiger partial charge in [0, 0.05) is 18.3 Å². The smallest absolute Gasteiger partial charge is 0.143 e. The lowest BCUT2D eigenvalue weighted by atomic mass is 10.1. The summed E-state index contributed by atoms with van der Waals surface area (Å²) in [6.07, 6.45) is 5.70. The van der Waals surface area contributed by atoms with Gasteiger partial charge in [0.1, 0.15) is 5.84 Å². The van der Waals surface area contributed by atoms with Crippen molar-refractivity contribution in [1.29, 1.82) is 0 Å². The van der Waals surface area contributed by atoms with Crippen LogP contribution in [-0.2, 0) is 0 Å². The highest BCUT2D eigenvalue weighted by Crippen LogP contribution is 2.24. The largest absolute Gasteiger partial charge is 0.313 e. The average molecular weight is 183 g/mol. The number of aliphatic imine (C=N–C) groups is 2. The van der Waals surface area contributed by atoms with E-state index in [0.29, 0.717) is 0 Å². The number of benzene rings is 1. The van der Waals surface area contributed by atoms with Crippen molar-refractivity contribution in [2.75, 3.05) is 6.54 Å². The summed E-state index contributed by atoms with van der Waals surface area (Å²) in [5.74, 6) is 0.998. The summed E-state index contributed by atoms with van der Waals surface area (Å²) < 4.78 is 0. The maximum absolute atomic E-state index is 4.36. The van der Waals surface area contributed by atoms with Crippen LogP contribution in [0, 0.1) is 0 Å². The van der Waals surface area contributed by atoms with E-state index in [0.717, 1.165) is 23.6 Å². The molecule has 68 valence electrons. The molecule has 0 saturated carbocycles. The van der Waals surface area contributed by atoms with Gasteiger partial charge in [-0.15, -0.1) is 0 Å². The third-order valence-electron chi connectivity index (χ3n) is 2.36. The predicted molar refractivity (Wildman–Crippen MR) is 57.0 cm³/mol. The van der Waals surface area contributed by atoms with Crippen LogP contribution in [0.5, 0.6) is 0 Å². The van der Waals surface area contributed by atoms with Crippen LogP contribution in [0.3, 0.4) is 0 Å². The van der Waals surface area contributed by atoms with Crippen molar-refractivity contribution in [3.8, 4) is 0 Å². The van der Waals surface area contributed by atoms with E-state index < -0.39 is 0 Å². The summed E-state index contributed by atoms with van der Waals surface area (Å²) in [6.45, 7) is 0.858. The van der Waals surface area contributed by atoms with Crippen molar-refractivity contribution in [1.82, 2.24) is 4.90 Å². The lowest BCUT2D eigenvalue weighted by Gasteiger charge is -2.26. The van der Waals surface area contributed by atoms with E-state index in [1.165, 1.54) is 0 Å². The van der Waals surface area contributed by atoms with E-state index in [1.54, 1.807) is 0 Å². The SMILES string of the molecule is C1=CN=C2c3ccccc3N=CN2C1. The molecule has 0 unspecified atom stereocenters. The molecule has 0 amide bonds. The van der Waals surface area contributed by atoms with Gasteiger partial charge in [0.15, 0.2) is 0 Å². The first-order chi connectivity index (χ1) is 6.95. The first-order valence-electron chi connectivity index (χ1n) is 4.58. The Bertz CT molecular complexity index is 457. The highest BCUT2D eigenvalue weighted by atomic mass is 15.2. The van der Waals surface area contributed by atoms with Crippen LogP contribution in [0.25, 0.3) is 0 Å². The van der Waals surface area contributed by atoms with Crippen molar-refractivity contribution < 1.29 is 0 Å². The van der Waals surface area contributed by atoms with Crippen LogP contribution in [-0.4, -0.2) is 23.6 Å². The van der Waals surface area contributed by atoms with Crippen molar-refractivity contribution in [3.63, 3.8) is 0 Å². The van der Waals surface area contributed by atoms with Crippen molar-refractivity contribution >= 4 is 17.9 Å². The minimum absolute atomic E-state index is 0.858. The number of para-hydroxylation sites is 1. The summed E-state index contributed by atoms with van der Waals surface area (Å²) in [6, 6.07) is 8.06. The molecule has 2 aliphatic heterocycles. The molecule has 3 nitrogen and oxygen atoms in total. The summed E-state index contributed by atoms with van der Waals surface area (Å²) in [4.78, 5) is 10.8. The quantitative estimate of drug-likeness (QED) is 0.604. The number of rotatable bonds is 0. The minimum atomic E-state index is 0.858. The fourth-order valence-corrected chi connectivity index (χ4v) is 1.68. The maximum Gasteiger partial charge on any atom is 0.143 e. The van der Waals surface area contributed by atoms with Gasteiger partial charge in [-0.1, -0.05) is 12.1 Å². The number of nitrogens with zero attached hydrogens (tertiary/aromatic N) is 3. The minimum Gasteiger partial charge on any atom is -0.313 e. The van der Waals surface area contributed by atoms with Gasteiger partial charge in [-0.05, 0) is 18.2 Å². The lowest BCUT2D eigenvalue weighted by Crippen LogP contribution is -2.34. The molecule has 2 heterocycles. The molecule has 0 N–H and O–H groups in total. The highest BCUT2D eigenvalue weighted by molar-refractivity contribution is 6.11. The monoisotopic (exact) mass is 183 g/mol. The summed E-state index contributed by atoms with van der Waals surface area (Å²) in [5.41, 5.74) is 2.11. The van der Waals surface area contributed by atoms with Crippen LogP contribution in [0.15, 0.2) is 46.5 Å². The van der Waals surface area contributed by atoms with E-state index >= 15 is 0 Å². The molecule has 0 saturated heterocycles. The van der Waals surface area contributed by atoms with E-state index in [4.69, 9.17) is 0 Å². The molecule has 1 aromatic rings. The molecule has 0 bridgehead atoms. The first kappa shape index (κ1) is 7.50. The zero-order valence-electron chi connectivity index (χ0n) is 7.59. The van der Waals surface area contributed by atoms with Crippen molar-refractivity contribution in [2.45, 2.75) is 0 Å². The predicted octanol–water partition coefficient (Wildman–Crippen LogP) is 1.94. The van der Waals surface area contributed by atoms with Gasteiger partial charge in [0.05, 0.1) is 12.0 Å². The Hall–Kier alpha value is -1.90. The van der Waals surface area contributed by atoms with E-state index in [2.05, 4.69) is 16.1 Å².